The maximum Gasteiger partial charge on any atom is 0.351 e. The molecule has 12 nitrogen and oxygen atoms in total. The lowest BCUT2D eigenvalue weighted by atomic mass is 9.95. The molecule has 0 bridgehead atoms. The average molecular weight is 636 g/mol. The third kappa shape index (κ3) is 6.31. The Morgan fingerprint density at radius 1 is 0.851 bits per heavy atom. The first-order valence-electron chi connectivity index (χ1n) is 14.7. The molecule has 238 valence electrons. The molecule has 4 atom stereocenters. The van der Waals surface area contributed by atoms with Crippen molar-refractivity contribution in [2.24, 2.45) is 0 Å². The van der Waals surface area contributed by atoms with Gasteiger partial charge in [-0.2, -0.15) is 4.98 Å². The molecule has 6 rings (SSSR count). The highest BCUT2D eigenvalue weighted by Gasteiger charge is 2.60. The van der Waals surface area contributed by atoms with Crippen LogP contribution in [0.2, 0.25) is 0 Å². The number of hydrogen-bond acceptors (Lipinski definition) is 10. The number of carbonyl (C=O) groups is 3. The second-order valence-electron chi connectivity index (χ2n) is 11.1. The van der Waals surface area contributed by atoms with Gasteiger partial charge in [-0.1, -0.05) is 54.6 Å². The van der Waals surface area contributed by atoms with Crippen molar-refractivity contribution in [3.63, 3.8) is 0 Å². The van der Waals surface area contributed by atoms with Crippen LogP contribution in [0.3, 0.4) is 0 Å². The van der Waals surface area contributed by atoms with E-state index in [4.69, 9.17) is 18.9 Å². The van der Waals surface area contributed by atoms with Crippen LogP contribution in [0.5, 0.6) is 0 Å². The third-order valence-corrected chi connectivity index (χ3v) is 7.85. The van der Waals surface area contributed by atoms with Gasteiger partial charge >= 0.3 is 23.6 Å². The largest absolute Gasteiger partial charge is 0.459 e. The average Bonchev–Trinajstić information content (AvgIpc) is 3.35. The predicted octanol–water partition coefficient (Wildman–Crippen LogP) is 3.99. The van der Waals surface area contributed by atoms with Gasteiger partial charge in [0.05, 0.1) is 16.7 Å². The molecular weight excluding hydrogens is 606 g/mol. The van der Waals surface area contributed by atoms with Crippen molar-refractivity contribution >= 4 is 28.9 Å². The normalized spacial score (nSPS) is 20.4. The van der Waals surface area contributed by atoms with E-state index in [9.17, 15) is 24.0 Å². The topological polar surface area (TPSA) is 156 Å². The lowest BCUT2D eigenvalue weighted by molar-refractivity contribution is -0.111. The predicted molar refractivity (Wildman–Crippen MR) is 168 cm³/mol. The first-order chi connectivity index (χ1) is 22.6. The molecule has 0 radical (unpaired) electrons. The van der Waals surface area contributed by atoms with Gasteiger partial charge in [0.25, 0.3) is 5.56 Å². The minimum atomic E-state index is -1.88. The molecule has 47 heavy (non-hydrogen) atoms. The molecule has 1 N–H and O–H groups in total. The number of pyridine rings is 1. The number of nitrogens with zero attached hydrogens (tertiary/aromatic N) is 2. The minimum Gasteiger partial charge on any atom is -0.459 e. The SMILES string of the molecule is Cc1cc2cn([C@@H]3O[C@H](COC(=O)c4ccccc4)[C@@H](OC(=O)c4ccccc4)[C@@]3(C)OC(=O)c3ccccc3)c(=O)nc2[nH]c1=O. The fourth-order valence-electron chi connectivity index (χ4n) is 5.42. The summed E-state index contributed by atoms with van der Waals surface area (Å²) in [5, 5.41) is 0.388. The van der Waals surface area contributed by atoms with Gasteiger partial charge in [0, 0.05) is 17.1 Å². The smallest absolute Gasteiger partial charge is 0.351 e. The zero-order valence-corrected chi connectivity index (χ0v) is 25.3. The molecular formula is C35H29N3O9. The molecule has 3 aromatic carbocycles. The summed E-state index contributed by atoms with van der Waals surface area (Å²) in [6.45, 7) is 2.63. The van der Waals surface area contributed by atoms with E-state index >= 15 is 0 Å². The number of aromatic nitrogens is 3. The molecule has 1 saturated heterocycles. The number of hydrogen-bond donors (Lipinski definition) is 1. The molecule has 5 aromatic rings. The maximum atomic E-state index is 13.6. The Morgan fingerprint density at radius 2 is 1.40 bits per heavy atom. The van der Waals surface area contributed by atoms with Crippen molar-refractivity contribution in [1.29, 1.82) is 0 Å². The Morgan fingerprint density at radius 3 is 2.00 bits per heavy atom. The summed E-state index contributed by atoms with van der Waals surface area (Å²) in [7, 11) is 0. The van der Waals surface area contributed by atoms with Gasteiger partial charge in [-0.25, -0.2) is 19.2 Å². The number of benzene rings is 3. The Bertz CT molecular complexity index is 2060. The number of H-pyrrole nitrogens is 1. The van der Waals surface area contributed by atoms with E-state index in [0.29, 0.717) is 10.9 Å². The molecule has 0 spiro atoms. The van der Waals surface area contributed by atoms with Gasteiger partial charge in [0.1, 0.15) is 18.4 Å². The lowest BCUT2D eigenvalue weighted by Crippen LogP contribution is -2.51. The maximum absolute atomic E-state index is 13.6. The second-order valence-corrected chi connectivity index (χ2v) is 11.1. The monoisotopic (exact) mass is 635 g/mol. The zero-order chi connectivity index (χ0) is 33.1. The van der Waals surface area contributed by atoms with E-state index in [1.54, 1.807) is 104 Å². The number of aryl methyl sites for hydroxylation is 1. The number of fused-ring (bicyclic) bond motifs is 1. The third-order valence-electron chi connectivity index (χ3n) is 7.85. The number of rotatable bonds is 8. The summed E-state index contributed by atoms with van der Waals surface area (Å²) in [6, 6.07) is 26.1. The van der Waals surface area contributed by atoms with Crippen molar-refractivity contribution in [2.75, 3.05) is 6.61 Å². The zero-order valence-electron chi connectivity index (χ0n) is 25.3. The first-order valence-corrected chi connectivity index (χ1v) is 14.7. The number of aromatic amines is 1. The molecule has 0 aliphatic carbocycles. The van der Waals surface area contributed by atoms with Gasteiger partial charge < -0.3 is 23.9 Å². The molecule has 0 saturated carbocycles. The van der Waals surface area contributed by atoms with Crippen LogP contribution in [0, 0.1) is 6.92 Å². The summed E-state index contributed by atoms with van der Waals surface area (Å²) < 4.78 is 25.1. The van der Waals surface area contributed by atoms with Crippen LogP contribution in [0.25, 0.3) is 11.0 Å². The van der Waals surface area contributed by atoms with Crippen LogP contribution >= 0.6 is 0 Å². The van der Waals surface area contributed by atoms with Gasteiger partial charge in [-0.3, -0.25) is 9.36 Å². The summed E-state index contributed by atoms with van der Waals surface area (Å²) >= 11 is 0. The summed E-state index contributed by atoms with van der Waals surface area (Å²) in [5.74, 6) is -2.22. The highest BCUT2D eigenvalue weighted by molar-refractivity contribution is 5.91. The number of nitrogens with one attached hydrogen (secondary N) is 1. The lowest BCUT2D eigenvalue weighted by Gasteiger charge is -2.34. The van der Waals surface area contributed by atoms with Crippen molar-refractivity contribution in [2.45, 2.75) is 37.9 Å². The van der Waals surface area contributed by atoms with Crippen LogP contribution in [0.4, 0.5) is 0 Å². The fraction of sp³-hybridized carbons (Fsp3) is 0.200. The number of esters is 3. The highest BCUT2D eigenvalue weighted by atomic mass is 16.7. The Balaban J connectivity index is 1.45. The van der Waals surface area contributed by atoms with Crippen LogP contribution in [-0.2, 0) is 18.9 Å². The summed E-state index contributed by atoms with van der Waals surface area (Å²) in [6.07, 6.45) is -2.63. The molecule has 2 aromatic heterocycles. The number of ether oxygens (including phenoxy) is 4. The number of carbonyl (C=O) groups excluding carboxylic acids is 3. The van der Waals surface area contributed by atoms with Crippen molar-refractivity contribution in [1.82, 2.24) is 14.5 Å². The molecule has 1 fully saturated rings. The molecule has 1 aliphatic heterocycles. The van der Waals surface area contributed by atoms with Crippen molar-refractivity contribution in [3.05, 3.63) is 146 Å². The summed E-state index contributed by atoms with van der Waals surface area (Å²) in [5.41, 5.74) is -2.05. The van der Waals surface area contributed by atoms with Crippen molar-refractivity contribution in [3.8, 4) is 0 Å². The Labute approximate surface area is 267 Å². The fourth-order valence-corrected chi connectivity index (χ4v) is 5.42. The van der Waals surface area contributed by atoms with Crippen LogP contribution < -0.4 is 11.2 Å². The molecule has 0 amide bonds. The Hall–Kier alpha value is -5.88. The quantitative estimate of drug-likeness (QED) is 0.195. The van der Waals surface area contributed by atoms with E-state index in [2.05, 4.69) is 9.97 Å². The van der Waals surface area contributed by atoms with Gasteiger partial charge in [-0.05, 0) is 56.3 Å². The summed E-state index contributed by atoms with van der Waals surface area (Å²) in [4.78, 5) is 72.3. The Kier molecular flexibility index (Phi) is 8.51. The van der Waals surface area contributed by atoms with Crippen LogP contribution in [0.15, 0.2) is 113 Å². The highest BCUT2D eigenvalue weighted by Crippen LogP contribution is 2.43. The van der Waals surface area contributed by atoms with Crippen LogP contribution in [0.1, 0.15) is 49.8 Å². The van der Waals surface area contributed by atoms with Crippen LogP contribution in [-0.4, -0.2) is 56.9 Å². The first kappa shape index (κ1) is 31.1. The van der Waals surface area contributed by atoms with Gasteiger partial charge in [0.2, 0.25) is 0 Å². The van der Waals surface area contributed by atoms with E-state index in [-0.39, 0.29) is 22.3 Å². The van der Waals surface area contributed by atoms with Gasteiger partial charge in [0.15, 0.2) is 17.9 Å². The second kappa shape index (κ2) is 12.9. The van der Waals surface area contributed by atoms with Gasteiger partial charge in [-0.15, -0.1) is 0 Å². The minimum absolute atomic E-state index is 0.0447. The molecule has 1 aliphatic rings. The van der Waals surface area contributed by atoms with E-state index in [1.165, 1.54) is 13.1 Å². The molecule has 0 unspecified atom stereocenters. The molecule has 12 heteroatoms. The van der Waals surface area contributed by atoms with E-state index < -0.39 is 59.8 Å². The standard InChI is InChI=1S/C35H29N3O9/c1-21-18-25-19-38(34(43)37-28(25)36-29(21)39)33-35(2,47-32(42)24-16-10-5-11-17-24)27(46-31(41)23-14-8-4-9-15-23)26(45-33)20-44-30(40)22-12-6-3-7-13-22/h3-19,26-27,33H,20H2,1-2H3,(H,36,37,39,43)/t26-,27-,33-,35-/m1/s1. The molecule has 3 heterocycles. The van der Waals surface area contributed by atoms with E-state index in [1.807, 2.05) is 0 Å². The van der Waals surface area contributed by atoms with Crippen molar-refractivity contribution < 1.29 is 33.3 Å². The van der Waals surface area contributed by atoms with E-state index in [0.717, 1.165) is 4.57 Å².